The van der Waals surface area contributed by atoms with Crippen molar-refractivity contribution in [3.05, 3.63) is 53.1 Å². The first kappa shape index (κ1) is 16.4. The average molecular weight is 315 g/mol. The fraction of sp³-hybridized carbons (Fsp3) is 0.176. The number of carbonyl (C=O) groups excluding carboxylic acids is 1. The second kappa shape index (κ2) is 6.83. The molecule has 0 saturated heterocycles. The van der Waals surface area contributed by atoms with Crippen molar-refractivity contribution in [3.8, 4) is 11.5 Å². The van der Waals surface area contributed by atoms with E-state index in [1.807, 2.05) is 0 Å². The van der Waals surface area contributed by atoms with Gasteiger partial charge in [0, 0.05) is 11.8 Å². The summed E-state index contributed by atoms with van der Waals surface area (Å²) < 4.78 is 10.3. The number of ether oxygens (including phenoxy) is 2. The number of carboxylic acids is 1. The maximum atomic E-state index is 12.4. The van der Waals surface area contributed by atoms with Crippen molar-refractivity contribution in [1.82, 2.24) is 0 Å². The minimum atomic E-state index is -1.01. The quantitative estimate of drug-likeness (QED) is 0.886. The van der Waals surface area contributed by atoms with Gasteiger partial charge in [0.05, 0.1) is 25.3 Å². The zero-order valence-corrected chi connectivity index (χ0v) is 13.0. The third-order valence-electron chi connectivity index (χ3n) is 3.37. The van der Waals surface area contributed by atoms with Gasteiger partial charge in [0.25, 0.3) is 5.91 Å². The molecule has 0 spiro atoms. The molecule has 6 heteroatoms. The molecule has 0 aliphatic rings. The number of aryl methyl sites for hydroxylation is 1. The first-order valence-electron chi connectivity index (χ1n) is 6.83. The third kappa shape index (κ3) is 3.60. The van der Waals surface area contributed by atoms with Gasteiger partial charge in [-0.15, -0.1) is 0 Å². The summed E-state index contributed by atoms with van der Waals surface area (Å²) in [4.78, 5) is 23.4. The van der Waals surface area contributed by atoms with Gasteiger partial charge >= 0.3 is 5.97 Å². The minimum absolute atomic E-state index is 0.169. The molecular weight excluding hydrogens is 298 g/mol. The number of anilines is 1. The maximum absolute atomic E-state index is 12.4. The van der Waals surface area contributed by atoms with Crippen molar-refractivity contribution < 1.29 is 24.2 Å². The number of hydrogen-bond acceptors (Lipinski definition) is 4. The van der Waals surface area contributed by atoms with E-state index in [2.05, 4.69) is 5.32 Å². The zero-order chi connectivity index (χ0) is 17.0. The lowest BCUT2D eigenvalue weighted by molar-refractivity contribution is 0.0696. The molecule has 0 atom stereocenters. The van der Waals surface area contributed by atoms with Crippen molar-refractivity contribution >= 4 is 17.6 Å². The molecule has 2 aromatic rings. The Hall–Kier alpha value is -3.02. The number of rotatable bonds is 5. The summed E-state index contributed by atoms with van der Waals surface area (Å²) in [6, 6.07) is 9.40. The van der Waals surface area contributed by atoms with E-state index in [4.69, 9.17) is 14.6 Å². The molecule has 0 fully saturated rings. The molecule has 0 radical (unpaired) electrons. The summed E-state index contributed by atoms with van der Waals surface area (Å²) in [5.41, 5.74) is 1.72. The first-order chi connectivity index (χ1) is 11.0. The predicted octanol–water partition coefficient (Wildman–Crippen LogP) is 2.96. The Balaban J connectivity index is 2.27. The van der Waals surface area contributed by atoms with Crippen LogP contribution in [0.1, 0.15) is 26.3 Å². The summed E-state index contributed by atoms with van der Waals surface area (Å²) in [7, 11) is 3.00. The molecule has 120 valence electrons. The van der Waals surface area contributed by atoms with Crippen LogP contribution in [0.15, 0.2) is 36.4 Å². The van der Waals surface area contributed by atoms with Crippen molar-refractivity contribution in [2.75, 3.05) is 19.5 Å². The van der Waals surface area contributed by atoms with Gasteiger partial charge < -0.3 is 19.9 Å². The van der Waals surface area contributed by atoms with E-state index in [9.17, 15) is 9.59 Å². The number of amides is 1. The van der Waals surface area contributed by atoms with E-state index in [0.717, 1.165) is 0 Å². The average Bonchev–Trinajstić information content (AvgIpc) is 2.55. The summed E-state index contributed by atoms with van der Waals surface area (Å²) in [5, 5.41) is 11.7. The Morgan fingerprint density at radius 3 is 2.35 bits per heavy atom. The Kier molecular flexibility index (Phi) is 4.85. The number of hydrogen-bond donors (Lipinski definition) is 2. The largest absolute Gasteiger partial charge is 0.497 e. The Morgan fingerprint density at radius 2 is 1.78 bits per heavy atom. The van der Waals surface area contributed by atoms with Crippen molar-refractivity contribution in [2.45, 2.75) is 6.92 Å². The van der Waals surface area contributed by atoms with Crippen molar-refractivity contribution in [1.29, 1.82) is 0 Å². The maximum Gasteiger partial charge on any atom is 0.335 e. The lowest BCUT2D eigenvalue weighted by Gasteiger charge is -2.12. The Labute approximate surface area is 133 Å². The van der Waals surface area contributed by atoms with E-state index in [-0.39, 0.29) is 11.5 Å². The topological polar surface area (TPSA) is 84.9 Å². The van der Waals surface area contributed by atoms with E-state index in [1.54, 1.807) is 31.2 Å². The number of aromatic carboxylic acids is 1. The summed E-state index contributed by atoms with van der Waals surface area (Å²) in [5.74, 6) is -0.388. The summed E-state index contributed by atoms with van der Waals surface area (Å²) >= 11 is 0. The number of benzene rings is 2. The highest BCUT2D eigenvalue weighted by molar-refractivity contribution is 6.06. The normalized spacial score (nSPS) is 10.0. The smallest absolute Gasteiger partial charge is 0.335 e. The molecule has 6 nitrogen and oxygen atoms in total. The predicted molar refractivity (Wildman–Crippen MR) is 85.6 cm³/mol. The highest BCUT2D eigenvalue weighted by Gasteiger charge is 2.15. The molecule has 0 aliphatic carbocycles. The van der Waals surface area contributed by atoms with Gasteiger partial charge in [-0.1, -0.05) is 0 Å². The monoisotopic (exact) mass is 315 g/mol. The van der Waals surface area contributed by atoms with Crippen LogP contribution in [0.3, 0.4) is 0 Å². The lowest BCUT2D eigenvalue weighted by atomic mass is 10.1. The SMILES string of the molecule is COc1ccc(C(=O)Nc2ccc(C(=O)O)cc2C)c(OC)c1. The molecule has 2 aromatic carbocycles. The molecule has 0 unspecified atom stereocenters. The van der Waals surface area contributed by atoms with Crippen LogP contribution in [0.5, 0.6) is 11.5 Å². The molecule has 23 heavy (non-hydrogen) atoms. The van der Waals surface area contributed by atoms with E-state index in [0.29, 0.717) is 28.3 Å². The van der Waals surface area contributed by atoms with Crippen LogP contribution in [0.25, 0.3) is 0 Å². The van der Waals surface area contributed by atoms with Gasteiger partial charge in [-0.2, -0.15) is 0 Å². The minimum Gasteiger partial charge on any atom is -0.497 e. The summed E-state index contributed by atoms with van der Waals surface area (Å²) in [6.45, 7) is 1.73. The van der Waals surface area contributed by atoms with Crippen LogP contribution in [-0.4, -0.2) is 31.2 Å². The second-order valence-electron chi connectivity index (χ2n) is 4.86. The number of carboxylic acid groups (broad SMARTS) is 1. The van der Waals surface area contributed by atoms with Gasteiger partial charge in [0.1, 0.15) is 11.5 Å². The lowest BCUT2D eigenvalue weighted by Crippen LogP contribution is -2.14. The molecule has 2 rings (SSSR count). The van der Waals surface area contributed by atoms with Gasteiger partial charge in [-0.3, -0.25) is 4.79 Å². The molecule has 0 aliphatic heterocycles. The highest BCUT2D eigenvalue weighted by atomic mass is 16.5. The Bertz CT molecular complexity index is 755. The first-order valence-corrected chi connectivity index (χ1v) is 6.83. The molecular formula is C17H17NO5. The van der Waals surface area contributed by atoms with Gasteiger partial charge in [0.2, 0.25) is 0 Å². The van der Waals surface area contributed by atoms with E-state index in [1.165, 1.54) is 26.4 Å². The van der Waals surface area contributed by atoms with Gasteiger partial charge in [-0.05, 0) is 42.8 Å². The van der Waals surface area contributed by atoms with Crippen molar-refractivity contribution in [2.24, 2.45) is 0 Å². The number of nitrogens with one attached hydrogen (secondary N) is 1. The number of carbonyl (C=O) groups is 2. The van der Waals surface area contributed by atoms with E-state index < -0.39 is 5.97 Å². The third-order valence-corrected chi connectivity index (χ3v) is 3.37. The fourth-order valence-corrected chi connectivity index (χ4v) is 2.11. The molecule has 0 heterocycles. The van der Waals surface area contributed by atoms with E-state index >= 15 is 0 Å². The Morgan fingerprint density at radius 1 is 1.04 bits per heavy atom. The molecule has 0 aromatic heterocycles. The van der Waals surface area contributed by atoms with Crippen LogP contribution in [0.2, 0.25) is 0 Å². The zero-order valence-electron chi connectivity index (χ0n) is 13.0. The van der Waals surface area contributed by atoms with Crippen LogP contribution < -0.4 is 14.8 Å². The van der Waals surface area contributed by atoms with Crippen LogP contribution in [-0.2, 0) is 0 Å². The van der Waals surface area contributed by atoms with Gasteiger partial charge in [0.15, 0.2) is 0 Å². The van der Waals surface area contributed by atoms with Crippen molar-refractivity contribution in [3.63, 3.8) is 0 Å². The second-order valence-corrected chi connectivity index (χ2v) is 4.86. The molecule has 0 bridgehead atoms. The molecule has 0 saturated carbocycles. The van der Waals surface area contributed by atoms with Gasteiger partial charge in [-0.25, -0.2) is 4.79 Å². The fourth-order valence-electron chi connectivity index (χ4n) is 2.11. The molecule has 2 N–H and O–H groups in total. The standard InChI is InChI=1S/C17H17NO5/c1-10-8-11(17(20)21)4-7-14(10)18-16(19)13-6-5-12(22-2)9-15(13)23-3/h4-9H,1-3H3,(H,18,19)(H,20,21). The van der Waals surface area contributed by atoms with Crippen LogP contribution in [0, 0.1) is 6.92 Å². The van der Waals surface area contributed by atoms with Crippen LogP contribution >= 0.6 is 0 Å². The number of methoxy groups -OCH3 is 2. The highest BCUT2D eigenvalue weighted by Crippen LogP contribution is 2.26. The van der Waals surface area contributed by atoms with Crippen LogP contribution in [0.4, 0.5) is 5.69 Å². The summed E-state index contributed by atoms with van der Waals surface area (Å²) in [6.07, 6.45) is 0. The molecule has 1 amide bonds.